The minimum atomic E-state index is 0.512. The SMILES string of the molecule is Clc1cccc(OCC2Cc3ccccc32)c1CBr. The molecule has 0 aromatic heterocycles. The van der Waals surface area contributed by atoms with Crippen LogP contribution < -0.4 is 4.74 Å². The highest BCUT2D eigenvalue weighted by Crippen LogP contribution is 2.36. The fraction of sp³-hybridized carbons (Fsp3) is 0.250. The van der Waals surface area contributed by atoms with Gasteiger partial charge in [-0.1, -0.05) is 57.9 Å². The molecule has 98 valence electrons. The number of alkyl halides is 1. The molecular formula is C16H14BrClO. The summed E-state index contributed by atoms with van der Waals surface area (Å²) in [4.78, 5) is 0. The summed E-state index contributed by atoms with van der Waals surface area (Å²) in [6, 6.07) is 14.4. The smallest absolute Gasteiger partial charge is 0.124 e. The summed E-state index contributed by atoms with van der Waals surface area (Å²) in [6.45, 7) is 0.720. The van der Waals surface area contributed by atoms with Gasteiger partial charge in [0.05, 0.1) is 6.61 Å². The van der Waals surface area contributed by atoms with E-state index in [-0.39, 0.29) is 0 Å². The lowest BCUT2D eigenvalue weighted by molar-refractivity contribution is 0.273. The summed E-state index contributed by atoms with van der Waals surface area (Å²) in [5.74, 6) is 1.40. The van der Waals surface area contributed by atoms with E-state index < -0.39 is 0 Å². The van der Waals surface area contributed by atoms with E-state index in [9.17, 15) is 0 Å². The van der Waals surface area contributed by atoms with Crippen LogP contribution in [0.4, 0.5) is 0 Å². The molecule has 19 heavy (non-hydrogen) atoms. The topological polar surface area (TPSA) is 9.23 Å². The van der Waals surface area contributed by atoms with Crippen LogP contribution in [0.3, 0.4) is 0 Å². The molecule has 0 N–H and O–H groups in total. The van der Waals surface area contributed by atoms with Gasteiger partial charge in [0.2, 0.25) is 0 Å². The van der Waals surface area contributed by atoms with Gasteiger partial charge < -0.3 is 4.74 Å². The quantitative estimate of drug-likeness (QED) is 0.717. The first-order valence-electron chi connectivity index (χ1n) is 6.33. The molecule has 1 atom stereocenters. The predicted molar refractivity (Wildman–Crippen MR) is 82.5 cm³/mol. The van der Waals surface area contributed by atoms with Crippen molar-refractivity contribution in [3.63, 3.8) is 0 Å². The molecule has 0 radical (unpaired) electrons. The summed E-state index contributed by atoms with van der Waals surface area (Å²) in [5.41, 5.74) is 3.89. The molecule has 1 aliphatic carbocycles. The summed E-state index contributed by atoms with van der Waals surface area (Å²) in [7, 11) is 0. The molecule has 0 spiro atoms. The molecule has 0 heterocycles. The lowest BCUT2D eigenvalue weighted by Crippen LogP contribution is -2.23. The molecule has 3 heteroatoms. The Hall–Kier alpha value is -0.990. The summed E-state index contributed by atoms with van der Waals surface area (Å²) in [5, 5.41) is 1.46. The van der Waals surface area contributed by atoms with Crippen LogP contribution in [0.2, 0.25) is 5.02 Å². The molecule has 3 rings (SSSR count). The van der Waals surface area contributed by atoms with Gasteiger partial charge in [-0.15, -0.1) is 0 Å². The molecule has 2 aromatic carbocycles. The lowest BCUT2D eigenvalue weighted by Gasteiger charge is -2.30. The first kappa shape index (κ1) is 13.0. The highest BCUT2D eigenvalue weighted by molar-refractivity contribution is 9.08. The average molecular weight is 338 g/mol. The highest BCUT2D eigenvalue weighted by Gasteiger charge is 2.26. The maximum Gasteiger partial charge on any atom is 0.124 e. The Morgan fingerprint density at radius 2 is 2.00 bits per heavy atom. The van der Waals surface area contributed by atoms with Crippen LogP contribution in [0.15, 0.2) is 42.5 Å². The number of rotatable bonds is 4. The van der Waals surface area contributed by atoms with Gasteiger partial charge in [-0.2, -0.15) is 0 Å². The van der Waals surface area contributed by atoms with Crippen molar-refractivity contribution >= 4 is 27.5 Å². The van der Waals surface area contributed by atoms with E-state index in [2.05, 4.69) is 40.2 Å². The Morgan fingerprint density at radius 1 is 1.16 bits per heavy atom. The first-order chi connectivity index (χ1) is 9.29. The van der Waals surface area contributed by atoms with Crippen molar-refractivity contribution in [3.8, 4) is 5.75 Å². The number of ether oxygens (including phenoxy) is 1. The van der Waals surface area contributed by atoms with Crippen molar-refractivity contribution in [1.82, 2.24) is 0 Å². The molecule has 2 aromatic rings. The molecular weight excluding hydrogens is 324 g/mol. The highest BCUT2D eigenvalue weighted by atomic mass is 79.9. The Bertz CT molecular complexity index is 597. The second-order valence-corrected chi connectivity index (χ2v) is 5.73. The van der Waals surface area contributed by atoms with Gasteiger partial charge in [0.25, 0.3) is 0 Å². The van der Waals surface area contributed by atoms with Crippen molar-refractivity contribution in [2.45, 2.75) is 17.7 Å². The molecule has 1 unspecified atom stereocenters. The fourth-order valence-electron chi connectivity index (χ4n) is 2.51. The molecule has 0 amide bonds. The van der Waals surface area contributed by atoms with Crippen LogP contribution in [0, 0.1) is 0 Å². The Morgan fingerprint density at radius 3 is 2.79 bits per heavy atom. The second-order valence-electron chi connectivity index (χ2n) is 4.76. The van der Waals surface area contributed by atoms with E-state index in [0.717, 1.165) is 29.4 Å². The summed E-state index contributed by atoms with van der Waals surface area (Å²) >= 11 is 9.62. The molecule has 0 saturated heterocycles. The third-order valence-electron chi connectivity index (χ3n) is 3.61. The Kier molecular flexibility index (Phi) is 3.81. The molecule has 0 saturated carbocycles. The number of hydrogen-bond donors (Lipinski definition) is 0. The number of halogens is 2. The lowest BCUT2D eigenvalue weighted by atomic mass is 9.78. The molecule has 1 nitrogen and oxygen atoms in total. The fourth-order valence-corrected chi connectivity index (χ4v) is 3.48. The van der Waals surface area contributed by atoms with Crippen molar-refractivity contribution in [3.05, 3.63) is 64.2 Å². The third-order valence-corrected chi connectivity index (χ3v) is 4.53. The monoisotopic (exact) mass is 336 g/mol. The molecule has 0 fully saturated rings. The van der Waals surface area contributed by atoms with E-state index in [1.807, 2.05) is 18.2 Å². The summed E-state index contributed by atoms with van der Waals surface area (Å²) < 4.78 is 5.96. The third kappa shape index (κ3) is 2.52. The number of benzene rings is 2. The zero-order chi connectivity index (χ0) is 13.2. The molecule has 0 aliphatic heterocycles. The van der Waals surface area contributed by atoms with Gasteiger partial charge in [0.15, 0.2) is 0 Å². The van der Waals surface area contributed by atoms with Crippen LogP contribution in [-0.4, -0.2) is 6.61 Å². The van der Waals surface area contributed by atoms with E-state index in [1.165, 1.54) is 11.1 Å². The molecule has 0 bridgehead atoms. The number of fused-ring (bicyclic) bond motifs is 1. The predicted octanol–water partition coefficient (Wildman–Crippen LogP) is 4.95. The van der Waals surface area contributed by atoms with Crippen molar-refractivity contribution in [2.24, 2.45) is 0 Å². The Labute approximate surface area is 126 Å². The maximum atomic E-state index is 6.16. The van der Waals surface area contributed by atoms with Gasteiger partial charge in [-0.3, -0.25) is 0 Å². The van der Waals surface area contributed by atoms with Gasteiger partial charge >= 0.3 is 0 Å². The van der Waals surface area contributed by atoms with Crippen LogP contribution in [0.25, 0.3) is 0 Å². The summed E-state index contributed by atoms with van der Waals surface area (Å²) in [6.07, 6.45) is 1.11. The van der Waals surface area contributed by atoms with E-state index in [0.29, 0.717) is 11.2 Å². The van der Waals surface area contributed by atoms with Gasteiger partial charge in [-0.25, -0.2) is 0 Å². The van der Waals surface area contributed by atoms with Crippen LogP contribution in [0.1, 0.15) is 22.6 Å². The van der Waals surface area contributed by atoms with E-state index in [4.69, 9.17) is 16.3 Å². The van der Waals surface area contributed by atoms with Gasteiger partial charge in [-0.05, 0) is 29.7 Å². The Balaban J connectivity index is 1.70. The van der Waals surface area contributed by atoms with Crippen LogP contribution in [0.5, 0.6) is 5.75 Å². The van der Waals surface area contributed by atoms with Gasteiger partial charge in [0.1, 0.15) is 5.75 Å². The maximum absolute atomic E-state index is 6.16. The zero-order valence-corrected chi connectivity index (χ0v) is 12.7. The average Bonchev–Trinajstić information content (AvgIpc) is 2.40. The first-order valence-corrected chi connectivity index (χ1v) is 7.83. The molecule has 1 aliphatic rings. The van der Waals surface area contributed by atoms with E-state index in [1.54, 1.807) is 0 Å². The van der Waals surface area contributed by atoms with Crippen LogP contribution >= 0.6 is 27.5 Å². The number of hydrogen-bond acceptors (Lipinski definition) is 1. The van der Waals surface area contributed by atoms with Crippen molar-refractivity contribution in [1.29, 1.82) is 0 Å². The second kappa shape index (κ2) is 5.56. The zero-order valence-electron chi connectivity index (χ0n) is 10.4. The standard InChI is InChI=1S/C16H14BrClO/c17-9-14-15(18)6-3-7-16(14)19-10-12-8-11-4-1-2-5-13(11)12/h1-7,12H,8-10H2. The van der Waals surface area contributed by atoms with E-state index >= 15 is 0 Å². The normalized spacial score (nSPS) is 16.6. The minimum Gasteiger partial charge on any atom is -0.493 e. The van der Waals surface area contributed by atoms with Crippen molar-refractivity contribution < 1.29 is 4.74 Å². The van der Waals surface area contributed by atoms with Crippen molar-refractivity contribution in [2.75, 3.05) is 6.61 Å². The van der Waals surface area contributed by atoms with Crippen LogP contribution in [-0.2, 0) is 11.8 Å². The minimum absolute atomic E-state index is 0.512. The van der Waals surface area contributed by atoms with Gasteiger partial charge in [0, 0.05) is 21.8 Å². The largest absolute Gasteiger partial charge is 0.493 e.